The second-order valence-corrected chi connectivity index (χ2v) is 8.64. The fourth-order valence-electron chi connectivity index (χ4n) is 5.02. The molecule has 4 rings (SSSR count). The number of nitrogens with zero attached hydrogens (tertiary/aromatic N) is 1. The number of carbonyl (C=O) groups excluding carboxylic acids is 1. The summed E-state index contributed by atoms with van der Waals surface area (Å²) in [5, 5.41) is 3.02. The SMILES string of the molecule is COc1ccc(CCNC(=O)[C@H]2Cc3cc(C(F)(F)F)ccc3N3CCCC[C@@H]23)cc1OC. The van der Waals surface area contributed by atoms with E-state index >= 15 is 0 Å². The van der Waals surface area contributed by atoms with Crippen molar-refractivity contribution in [2.45, 2.75) is 44.3 Å². The number of hydrogen-bond acceptors (Lipinski definition) is 4. The Kier molecular flexibility index (Phi) is 6.72. The van der Waals surface area contributed by atoms with E-state index in [-0.39, 0.29) is 17.9 Å². The summed E-state index contributed by atoms with van der Waals surface area (Å²) in [6.07, 6.45) is -0.596. The van der Waals surface area contributed by atoms with Gasteiger partial charge in [-0.05, 0) is 73.6 Å². The zero-order valence-corrected chi connectivity index (χ0v) is 18.9. The molecule has 0 spiro atoms. The Morgan fingerprint density at radius 2 is 1.88 bits per heavy atom. The van der Waals surface area contributed by atoms with Gasteiger partial charge >= 0.3 is 6.18 Å². The summed E-state index contributed by atoms with van der Waals surface area (Å²) in [5.41, 5.74) is 1.77. The Balaban J connectivity index is 1.47. The summed E-state index contributed by atoms with van der Waals surface area (Å²) in [5.74, 6) is 0.799. The van der Waals surface area contributed by atoms with E-state index in [1.54, 1.807) is 20.3 Å². The van der Waals surface area contributed by atoms with Crippen LogP contribution in [-0.2, 0) is 23.8 Å². The lowest BCUT2D eigenvalue weighted by Gasteiger charge is -2.46. The average Bonchev–Trinajstić information content (AvgIpc) is 2.82. The van der Waals surface area contributed by atoms with Crippen LogP contribution in [0.4, 0.5) is 18.9 Å². The van der Waals surface area contributed by atoms with Gasteiger partial charge in [0.25, 0.3) is 0 Å². The van der Waals surface area contributed by atoms with Crippen molar-refractivity contribution in [1.82, 2.24) is 5.32 Å². The standard InChI is InChI=1S/C25H29F3N2O3/c1-32-22-9-6-16(13-23(22)33-2)10-11-29-24(31)19-15-17-14-18(25(26,27)28)7-8-20(17)30-12-4-3-5-21(19)30/h6-9,13-14,19,21H,3-5,10-12,15H2,1-2H3,(H,29,31)/t19-,21-/m0/s1. The van der Waals surface area contributed by atoms with Crippen LogP contribution in [0, 0.1) is 5.92 Å². The largest absolute Gasteiger partial charge is 0.493 e. The number of benzene rings is 2. The van der Waals surface area contributed by atoms with Gasteiger partial charge in [-0.3, -0.25) is 4.79 Å². The van der Waals surface area contributed by atoms with E-state index < -0.39 is 11.7 Å². The van der Waals surface area contributed by atoms with Gasteiger partial charge in [-0.15, -0.1) is 0 Å². The van der Waals surface area contributed by atoms with E-state index in [9.17, 15) is 18.0 Å². The Morgan fingerprint density at radius 3 is 2.61 bits per heavy atom. The quantitative estimate of drug-likeness (QED) is 0.681. The Morgan fingerprint density at radius 1 is 1.09 bits per heavy atom. The van der Waals surface area contributed by atoms with E-state index in [1.165, 1.54) is 6.07 Å². The van der Waals surface area contributed by atoms with Crippen LogP contribution in [0.25, 0.3) is 0 Å². The van der Waals surface area contributed by atoms with E-state index in [2.05, 4.69) is 10.2 Å². The lowest BCUT2D eigenvalue weighted by molar-refractivity contribution is -0.137. The summed E-state index contributed by atoms with van der Waals surface area (Å²) in [4.78, 5) is 15.3. The molecule has 2 atom stereocenters. The first-order chi connectivity index (χ1) is 15.8. The molecule has 2 aromatic carbocycles. The van der Waals surface area contributed by atoms with Gasteiger partial charge in [-0.2, -0.15) is 13.2 Å². The molecule has 2 heterocycles. The number of carbonyl (C=O) groups is 1. The third kappa shape index (κ3) is 4.89. The van der Waals surface area contributed by atoms with Crippen molar-refractivity contribution >= 4 is 11.6 Å². The number of halogens is 3. The van der Waals surface area contributed by atoms with Crippen LogP contribution < -0.4 is 19.7 Å². The number of piperidine rings is 1. The minimum Gasteiger partial charge on any atom is -0.493 e. The first-order valence-corrected chi connectivity index (χ1v) is 11.3. The van der Waals surface area contributed by atoms with E-state index in [0.717, 1.165) is 43.1 Å². The molecule has 0 aromatic heterocycles. The highest BCUT2D eigenvalue weighted by Crippen LogP contribution is 2.41. The number of ether oxygens (including phenoxy) is 2. The van der Waals surface area contributed by atoms with Gasteiger partial charge < -0.3 is 19.7 Å². The molecule has 5 nitrogen and oxygen atoms in total. The number of methoxy groups -OCH3 is 2. The van der Waals surface area contributed by atoms with Crippen molar-refractivity contribution in [2.24, 2.45) is 5.92 Å². The molecule has 2 aliphatic rings. The van der Waals surface area contributed by atoms with E-state index in [1.807, 2.05) is 18.2 Å². The molecule has 1 N–H and O–H groups in total. The normalized spacial score (nSPS) is 20.0. The van der Waals surface area contributed by atoms with Crippen molar-refractivity contribution in [3.05, 3.63) is 53.1 Å². The number of hydrogen-bond donors (Lipinski definition) is 1. The van der Waals surface area contributed by atoms with Gasteiger partial charge in [0, 0.05) is 24.8 Å². The Hall–Kier alpha value is -2.90. The molecular weight excluding hydrogens is 433 g/mol. The number of rotatable bonds is 6. The summed E-state index contributed by atoms with van der Waals surface area (Å²) < 4.78 is 50.4. The number of nitrogens with one attached hydrogen (secondary N) is 1. The van der Waals surface area contributed by atoms with Gasteiger partial charge in [0.2, 0.25) is 5.91 Å². The molecule has 2 aliphatic heterocycles. The molecule has 1 amide bonds. The highest BCUT2D eigenvalue weighted by atomic mass is 19.4. The molecule has 0 bridgehead atoms. The summed E-state index contributed by atoms with van der Waals surface area (Å²) in [6.45, 7) is 1.20. The van der Waals surface area contributed by atoms with Crippen LogP contribution in [0.5, 0.6) is 11.5 Å². The molecule has 0 aliphatic carbocycles. The number of anilines is 1. The van der Waals surface area contributed by atoms with Crippen molar-refractivity contribution in [2.75, 3.05) is 32.2 Å². The van der Waals surface area contributed by atoms with Crippen LogP contribution in [0.3, 0.4) is 0 Å². The molecule has 1 saturated heterocycles. The Bertz CT molecular complexity index is 1010. The fraction of sp³-hybridized carbons (Fsp3) is 0.480. The molecule has 0 saturated carbocycles. The van der Waals surface area contributed by atoms with Crippen LogP contribution in [0.2, 0.25) is 0 Å². The van der Waals surface area contributed by atoms with Crippen molar-refractivity contribution in [3.8, 4) is 11.5 Å². The molecule has 0 unspecified atom stereocenters. The molecular formula is C25H29F3N2O3. The van der Waals surface area contributed by atoms with E-state index in [0.29, 0.717) is 36.4 Å². The van der Waals surface area contributed by atoms with Crippen LogP contribution in [-0.4, -0.2) is 39.3 Å². The van der Waals surface area contributed by atoms with Crippen LogP contribution in [0.1, 0.15) is 36.0 Å². The summed E-state index contributed by atoms with van der Waals surface area (Å²) in [6, 6.07) is 9.57. The minimum absolute atomic E-state index is 0.0177. The lowest BCUT2D eigenvalue weighted by Crippen LogP contribution is -2.53. The smallest absolute Gasteiger partial charge is 0.416 e. The van der Waals surface area contributed by atoms with Crippen LogP contribution in [0.15, 0.2) is 36.4 Å². The predicted molar refractivity (Wildman–Crippen MR) is 120 cm³/mol. The third-order valence-electron chi connectivity index (χ3n) is 6.67. The molecule has 33 heavy (non-hydrogen) atoms. The second-order valence-electron chi connectivity index (χ2n) is 8.64. The molecule has 8 heteroatoms. The van der Waals surface area contributed by atoms with Crippen molar-refractivity contribution < 1.29 is 27.4 Å². The molecule has 178 valence electrons. The van der Waals surface area contributed by atoms with Gasteiger partial charge in [0.05, 0.1) is 25.7 Å². The van der Waals surface area contributed by atoms with E-state index in [4.69, 9.17) is 9.47 Å². The highest BCUT2D eigenvalue weighted by molar-refractivity contribution is 5.82. The maximum Gasteiger partial charge on any atom is 0.416 e. The van der Waals surface area contributed by atoms with Gasteiger partial charge in [-0.25, -0.2) is 0 Å². The third-order valence-corrected chi connectivity index (χ3v) is 6.67. The molecule has 2 aromatic rings. The molecule has 0 radical (unpaired) electrons. The zero-order valence-electron chi connectivity index (χ0n) is 18.9. The number of fused-ring (bicyclic) bond motifs is 3. The molecule has 1 fully saturated rings. The van der Waals surface area contributed by atoms with Crippen molar-refractivity contribution in [3.63, 3.8) is 0 Å². The second kappa shape index (κ2) is 9.53. The van der Waals surface area contributed by atoms with Crippen LogP contribution >= 0.6 is 0 Å². The minimum atomic E-state index is -4.40. The Labute approximate surface area is 191 Å². The van der Waals surface area contributed by atoms with Gasteiger partial charge in [-0.1, -0.05) is 6.07 Å². The predicted octanol–water partition coefficient (Wildman–Crippen LogP) is 4.61. The van der Waals surface area contributed by atoms with Gasteiger partial charge in [0.1, 0.15) is 0 Å². The van der Waals surface area contributed by atoms with Crippen molar-refractivity contribution in [1.29, 1.82) is 0 Å². The maximum absolute atomic E-state index is 13.3. The topological polar surface area (TPSA) is 50.8 Å². The fourth-order valence-corrected chi connectivity index (χ4v) is 5.02. The first-order valence-electron chi connectivity index (χ1n) is 11.3. The maximum atomic E-state index is 13.3. The first kappa shape index (κ1) is 23.3. The monoisotopic (exact) mass is 462 g/mol. The highest BCUT2D eigenvalue weighted by Gasteiger charge is 2.40. The number of amides is 1. The summed E-state index contributed by atoms with van der Waals surface area (Å²) in [7, 11) is 3.15. The number of alkyl halides is 3. The average molecular weight is 463 g/mol. The lowest BCUT2D eigenvalue weighted by atomic mass is 9.80. The van der Waals surface area contributed by atoms with Gasteiger partial charge in [0.15, 0.2) is 11.5 Å². The summed E-state index contributed by atoms with van der Waals surface area (Å²) >= 11 is 0. The zero-order chi connectivity index (χ0) is 23.6.